The van der Waals surface area contributed by atoms with E-state index in [1.165, 1.54) is 6.07 Å². The van der Waals surface area contributed by atoms with Gasteiger partial charge in [-0.25, -0.2) is 9.18 Å². The molecule has 0 fully saturated rings. The number of nitrogens with zero attached hydrogens (tertiary/aromatic N) is 1. The van der Waals surface area contributed by atoms with Gasteiger partial charge in [-0.15, -0.1) is 0 Å². The summed E-state index contributed by atoms with van der Waals surface area (Å²) in [5, 5.41) is 11.5. The Morgan fingerprint density at radius 3 is 2.75 bits per heavy atom. The van der Waals surface area contributed by atoms with Crippen molar-refractivity contribution >= 4 is 17.6 Å². The molecule has 0 atom stereocenters. The van der Waals surface area contributed by atoms with Gasteiger partial charge in [0.1, 0.15) is 11.5 Å². The van der Waals surface area contributed by atoms with Crippen molar-refractivity contribution in [3.63, 3.8) is 0 Å². The van der Waals surface area contributed by atoms with Crippen molar-refractivity contribution in [3.8, 4) is 0 Å². The number of halogens is 1. The number of aromatic nitrogens is 1. The first-order valence-electron chi connectivity index (χ1n) is 6.02. The van der Waals surface area contributed by atoms with Crippen LogP contribution in [0.2, 0.25) is 0 Å². The van der Waals surface area contributed by atoms with Gasteiger partial charge in [0.2, 0.25) is 0 Å². The number of carboxylic acids is 1. The summed E-state index contributed by atoms with van der Waals surface area (Å²) >= 11 is 0. The van der Waals surface area contributed by atoms with Crippen LogP contribution in [-0.2, 0) is 6.54 Å². The topological polar surface area (TPSA) is 71.3 Å². The summed E-state index contributed by atoms with van der Waals surface area (Å²) in [4.78, 5) is 23.1. The van der Waals surface area contributed by atoms with Crippen LogP contribution in [0.4, 0.5) is 10.1 Å². The van der Waals surface area contributed by atoms with E-state index in [0.717, 1.165) is 12.1 Å². The summed E-state index contributed by atoms with van der Waals surface area (Å²) in [5.41, 5.74) is 0.189. The summed E-state index contributed by atoms with van der Waals surface area (Å²) < 4.78 is 14.8. The van der Waals surface area contributed by atoms with Gasteiger partial charge in [-0.05, 0) is 37.3 Å². The number of rotatable bonds is 4. The molecule has 6 heteroatoms. The lowest BCUT2D eigenvalue weighted by atomic mass is 10.1. The van der Waals surface area contributed by atoms with Crippen LogP contribution in [0.15, 0.2) is 36.5 Å². The molecule has 0 bridgehead atoms. The Labute approximate surface area is 114 Å². The summed E-state index contributed by atoms with van der Waals surface area (Å²) in [7, 11) is 0. The number of aromatic carboxylic acids is 1. The minimum atomic E-state index is -1.30. The van der Waals surface area contributed by atoms with Crippen LogP contribution in [0.1, 0.15) is 27.8 Å². The average Bonchev–Trinajstić information content (AvgIpc) is 2.89. The number of benzene rings is 1. The summed E-state index contributed by atoms with van der Waals surface area (Å²) in [6, 6.07) is 6.55. The lowest BCUT2D eigenvalue weighted by molar-refractivity contribution is 0.0697. The molecule has 0 aliphatic heterocycles. The number of aryl methyl sites for hydroxylation is 1. The molecule has 2 aromatic rings. The molecule has 2 N–H and O–H groups in total. The van der Waals surface area contributed by atoms with Crippen molar-refractivity contribution in [3.05, 3.63) is 53.6 Å². The molecule has 0 spiro atoms. The quantitative estimate of drug-likeness (QED) is 0.901. The molecule has 0 aliphatic rings. The fourth-order valence-corrected chi connectivity index (χ4v) is 1.88. The minimum Gasteiger partial charge on any atom is -0.478 e. The van der Waals surface area contributed by atoms with Crippen molar-refractivity contribution in [2.45, 2.75) is 13.5 Å². The third kappa shape index (κ3) is 2.69. The molecule has 5 nitrogen and oxygen atoms in total. The van der Waals surface area contributed by atoms with Crippen molar-refractivity contribution in [1.29, 1.82) is 0 Å². The van der Waals surface area contributed by atoms with Gasteiger partial charge in [-0.3, -0.25) is 4.79 Å². The van der Waals surface area contributed by atoms with Crippen LogP contribution in [0, 0.1) is 5.82 Å². The first-order valence-corrected chi connectivity index (χ1v) is 6.02. The number of amides is 1. The molecule has 0 saturated heterocycles. The van der Waals surface area contributed by atoms with Crippen molar-refractivity contribution in [2.24, 2.45) is 0 Å². The average molecular weight is 276 g/mol. The summed E-state index contributed by atoms with van der Waals surface area (Å²) in [6.45, 7) is 2.50. The van der Waals surface area contributed by atoms with E-state index < -0.39 is 17.7 Å². The molecule has 1 aromatic heterocycles. The summed E-state index contributed by atoms with van der Waals surface area (Å²) in [5.74, 6) is -2.41. The lowest BCUT2D eigenvalue weighted by Crippen LogP contribution is -2.18. The maximum absolute atomic E-state index is 13.1. The number of carboxylic acid groups (broad SMARTS) is 1. The van der Waals surface area contributed by atoms with Crippen molar-refractivity contribution < 1.29 is 19.1 Å². The predicted molar refractivity (Wildman–Crippen MR) is 71.4 cm³/mol. The third-order valence-electron chi connectivity index (χ3n) is 2.86. The number of carbonyl (C=O) groups excluding carboxylic acids is 1. The van der Waals surface area contributed by atoms with Crippen LogP contribution < -0.4 is 5.32 Å². The van der Waals surface area contributed by atoms with Crippen LogP contribution >= 0.6 is 0 Å². The second-order valence-electron chi connectivity index (χ2n) is 4.13. The molecule has 1 amide bonds. The number of hydrogen-bond donors (Lipinski definition) is 2. The molecule has 104 valence electrons. The molecule has 20 heavy (non-hydrogen) atoms. The van der Waals surface area contributed by atoms with E-state index in [9.17, 15) is 14.0 Å². The molecule has 0 saturated carbocycles. The van der Waals surface area contributed by atoms with E-state index in [1.54, 1.807) is 22.9 Å². The van der Waals surface area contributed by atoms with Crippen molar-refractivity contribution in [2.75, 3.05) is 5.32 Å². The molecular formula is C14H13FN2O3. The van der Waals surface area contributed by atoms with Crippen LogP contribution in [0.5, 0.6) is 0 Å². The van der Waals surface area contributed by atoms with Gasteiger partial charge < -0.3 is 15.0 Å². The Morgan fingerprint density at radius 1 is 1.35 bits per heavy atom. The van der Waals surface area contributed by atoms with Crippen LogP contribution in [-0.4, -0.2) is 21.6 Å². The maximum Gasteiger partial charge on any atom is 0.337 e. The summed E-state index contributed by atoms with van der Waals surface area (Å²) in [6.07, 6.45) is 1.75. The number of hydrogen-bond acceptors (Lipinski definition) is 2. The molecule has 0 aliphatic carbocycles. The lowest BCUT2D eigenvalue weighted by Gasteiger charge is -2.10. The zero-order chi connectivity index (χ0) is 14.7. The Balaban J connectivity index is 2.31. The van der Waals surface area contributed by atoms with Crippen LogP contribution in [0.3, 0.4) is 0 Å². The zero-order valence-electron chi connectivity index (χ0n) is 10.8. The van der Waals surface area contributed by atoms with Gasteiger partial charge in [0, 0.05) is 12.7 Å². The van der Waals surface area contributed by atoms with Gasteiger partial charge in [-0.2, -0.15) is 0 Å². The Kier molecular flexibility index (Phi) is 3.84. The van der Waals surface area contributed by atoms with Crippen LogP contribution in [0.25, 0.3) is 0 Å². The van der Waals surface area contributed by atoms with Crippen molar-refractivity contribution in [1.82, 2.24) is 4.57 Å². The maximum atomic E-state index is 13.1. The smallest absolute Gasteiger partial charge is 0.337 e. The van der Waals surface area contributed by atoms with E-state index >= 15 is 0 Å². The number of nitrogens with one attached hydrogen (secondary N) is 1. The van der Waals surface area contributed by atoms with E-state index in [4.69, 9.17) is 5.11 Å². The molecule has 1 aromatic carbocycles. The highest BCUT2D eigenvalue weighted by molar-refractivity contribution is 6.06. The molecule has 1 heterocycles. The van der Waals surface area contributed by atoms with Gasteiger partial charge in [0.05, 0.1) is 11.3 Å². The molecule has 0 unspecified atom stereocenters. The first kappa shape index (κ1) is 13.8. The normalized spacial score (nSPS) is 10.3. The van der Waals surface area contributed by atoms with Gasteiger partial charge in [-0.1, -0.05) is 0 Å². The van der Waals surface area contributed by atoms with E-state index in [-0.39, 0.29) is 11.3 Å². The Bertz CT molecular complexity index is 664. The largest absolute Gasteiger partial charge is 0.478 e. The number of carbonyl (C=O) groups is 2. The fourth-order valence-electron chi connectivity index (χ4n) is 1.88. The SMILES string of the molecule is CCn1cccc1C(=O)Nc1ccc(F)cc1C(=O)O. The molecular weight excluding hydrogens is 263 g/mol. The molecule has 0 radical (unpaired) electrons. The van der Waals surface area contributed by atoms with Gasteiger partial charge >= 0.3 is 5.97 Å². The van der Waals surface area contributed by atoms with Gasteiger partial charge in [0.15, 0.2) is 0 Å². The van der Waals surface area contributed by atoms with Gasteiger partial charge in [0.25, 0.3) is 5.91 Å². The Hall–Kier alpha value is -2.63. The predicted octanol–water partition coefficient (Wildman–Crippen LogP) is 2.60. The zero-order valence-corrected chi connectivity index (χ0v) is 10.8. The monoisotopic (exact) mass is 276 g/mol. The highest BCUT2D eigenvalue weighted by Gasteiger charge is 2.16. The minimum absolute atomic E-state index is 0.0627. The highest BCUT2D eigenvalue weighted by Crippen LogP contribution is 2.18. The van der Waals surface area contributed by atoms with E-state index in [1.807, 2.05) is 6.92 Å². The second kappa shape index (κ2) is 5.56. The standard InChI is InChI=1S/C14H13FN2O3/c1-2-17-7-3-4-12(17)13(18)16-11-6-5-9(15)8-10(11)14(19)20/h3-8H,2H2,1H3,(H,16,18)(H,19,20). The Morgan fingerprint density at radius 2 is 2.10 bits per heavy atom. The van der Waals surface area contributed by atoms with E-state index in [0.29, 0.717) is 12.2 Å². The third-order valence-corrected chi connectivity index (χ3v) is 2.86. The number of anilines is 1. The van der Waals surface area contributed by atoms with E-state index in [2.05, 4.69) is 5.32 Å². The molecule has 2 rings (SSSR count). The first-order chi connectivity index (χ1) is 9.52. The fraction of sp³-hybridized carbons (Fsp3) is 0.143. The highest BCUT2D eigenvalue weighted by atomic mass is 19.1. The second-order valence-corrected chi connectivity index (χ2v) is 4.13.